The van der Waals surface area contributed by atoms with Gasteiger partial charge in [-0.25, -0.2) is 4.79 Å². The van der Waals surface area contributed by atoms with Gasteiger partial charge in [0.2, 0.25) is 0 Å². The van der Waals surface area contributed by atoms with E-state index >= 15 is 0 Å². The Kier molecular flexibility index (Phi) is 18.8. The number of hydrogen-bond donors (Lipinski definition) is 2. The lowest BCUT2D eigenvalue weighted by atomic mass is 9.96. The molecule has 0 spiro atoms. The molecule has 2 atom stereocenters. The number of carbonyl (C=O) groups is 2. The predicted molar refractivity (Wildman–Crippen MR) is 260 cm³/mol. The first-order valence-electron chi connectivity index (χ1n) is 19.6. The standard InChI is InChI=1S/C22H20BrClN2OS.C17H19ClN2.C5H3BO2S.CH3I/c23-20-11-10-19(28-20)22(27)26-14-12-25(13-15-26)21(16-4-2-1-3-5-16)17-6-8-18(24)9-7-17;18-16-8-6-15(7-9-16)17(14-4-2-1-3-5-14)20-12-10-19-11-13-20;6-4-2-1-3(9-4)5(7)8;1-2/h1-11,21H,12-15H2;1-9,17,19H,10-13H2;1-2H,(H,7,8);1H3/i;;;1D. The fourth-order valence-electron chi connectivity index (χ4n) is 6.97. The molecule has 2 aliphatic rings. The number of aromatic carboxylic acids is 1. The first kappa shape index (κ1) is 45.5. The van der Waals surface area contributed by atoms with Crippen LogP contribution < -0.4 is 10.1 Å². The van der Waals surface area contributed by atoms with E-state index in [1.54, 1.807) is 6.07 Å². The normalized spacial score (nSPS) is 15.5. The molecule has 0 saturated carbocycles. The monoisotopic (exact) mass is 1040 g/mol. The van der Waals surface area contributed by atoms with Gasteiger partial charge in [-0.2, -0.15) is 0 Å². The molecule has 2 fully saturated rings. The number of hydrogen-bond acceptors (Lipinski definition) is 7. The molecule has 2 saturated heterocycles. The summed E-state index contributed by atoms with van der Waals surface area (Å²) in [6, 6.07) is 44.9. The molecule has 2 aromatic heterocycles. The maximum atomic E-state index is 12.7. The Bertz CT molecular complexity index is 2190. The average Bonchev–Trinajstić information content (AvgIpc) is 3.92. The summed E-state index contributed by atoms with van der Waals surface area (Å²) in [7, 11) is 5.27. The van der Waals surface area contributed by atoms with Crippen LogP contribution in [0, 0.1) is 0 Å². The molecule has 4 heterocycles. The van der Waals surface area contributed by atoms with Gasteiger partial charge in [0.1, 0.15) is 12.7 Å². The lowest BCUT2D eigenvalue weighted by Crippen LogP contribution is -2.49. The summed E-state index contributed by atoms with van der Waals surface area (Å²) < 4.78 is 7.72. The topological polar surface area (TPSA) is 76.1 Å². The number of nitrogens with one attached hydrogen (secondary N) is 1. The Balaban J connectivity index is 0.000000185. The third kappa shape index (κ3) is 14.0. The Labute approximate surface area is 390 Å². The summed E-state index contributed by atoms with van der Waals surface area (Å²) in [6.45, 7) is 7.37. The molecule has 0 bridgehead atoms. The zero-order valence-corrected chi connectivity index (χ0v) is 39.1. The van der Waals surface area contributed by atoms with E-state index in [-0.39, 0.29) is 16.8 Å². The van der Waals surface area contributed by atoms with E-state index in [9.17, 15) is 9.59 Å². The number of halogens is 4. The van der Waals surface area contributed by atoms with E-state index in [1.165, 1.54) is 39.7 Å². The fraction of sp³-hybridized carbons (Fsp3) is 0.244. The number of amides is 1. The highest BCUT2D eigenvalue weighted by molar-refractivity contribution is 14.1. The second kappa shape index (κ2) is 24.4. The fourth-order valence-corrected chi connectivity index (χ4v) is 9.18. The molecular formula is C45H45BBrCl2IN4O3S2. The molecule has 7 nitrogen and oxygen atoms in total. The maximum Gasteiger partial charge on any atom is 0.345 e. The molecule has 4 aromatic carbocycles. The number of benzene rings is 4. The third-order valence-corrected chi connectivity index (χ3v) is 12.7. The van der Waals surface area contributed by atoms with Crippen molar-refractivity contribution in [3.63, 3.8) is 0 Å². The van der Waals surface area contributed by atoms with E-state index in [4.69, 9.17) is 37.5 Å². The van der Waals surface area contributed by atoms with Crippen molar-refractivity contribution in [3.8, 4) is 0 Å². The van der Waals surface area contributed by atoms with Crippen molar-refractivity contribution in [1.29, 1.82) is 0 Å². The zero-order chi connectivity index (χ0) is 42.9. The number of carboxylic acid groups (broad SMARTS) is 1. The van der Waals surface area contributed by atoms with E-state index in [0.717, 1.165) is 82.4 Å². The van der Waals surface area contributed by atoms with Crippen molar-refractivity contribution in [1.82, 2.24) is 20.0 Å². The van der Waals surface area contributed by atoms with Crippen LogP contribution >= 0.6 is 84.4 Å². The molecular weight excluding hydrogens is 997 g/mol. The van der Waals surface area contributed by atoms with Gasteiger partial charge in [-0.3, -0.25) is 14.6 Å². The van der Waals surface area contributed by atoms with E-state index in [1.807, 2.05) is 70.0 Å². The molecule has 2 aliphatic heterocycles. The van der Waals surface area contributed by atoms with Crippen molar-refractivity contribution in [2.24, 2.45) is 0 Å². The molecule has 14 heteroatoms. The number of alkyl halides is 1. The number of carbonyl (C=O) groups excluding carboxylic acids is 1. The van der Waals surface area contributed by atoms with Crippen LogP contribution in [0.2, 0.25) is 10.0 Å². The molecule has 306 valence electrons. The lowest BCUT2D eigenvalue weighted by Gasteiger charge is -2.39. The highest BCUT2D eigenvalue weighted by Crippen LogP contribution is 2.32. The van der Waals surface area contributed by atoms with Crippen molar-refractivity contribution in [2.75, 3.05) is 57.3 Å². The number of thiophene rings is 2. The number of piperazine rings is 2. The van der Waals surface area contributed by atoms with Gasteiger partial charge >= 0.3 is 5.97 Å². The van der Waals surface area contributed by atoms with E-state index in [2.05, 4.69) is 110 Å². The van der Waals surface area contributed by atoms with E-state index < -0.39 is 5.97 Å². The predicted octanol–water partition coefficient (Wildman–Crippen LogP) is 10.3. The third-order valence-electron chi connectivity index (χ3n) is 9.71. The van der Waals surface area contributed by atoms with Gasteiger partial charge in [-0.05, 0) is 90.3 Å². The summed E-state index contributed by atoms with van der Waals surface area (Å²) in [5.74, 6) is -0.796. The second-order valence-corrected chi connectivity index (χ2v) is 17.9. The van der Waals surface area contributed by atoms with Crippen LogP contribution in [0.15, 0.2) is 137 Å². The lowest BCUT2D eigenvalue weighted by molar-refractivity contribution is 0.0601. The Morgan fingerprint density at radius 1 is 0.678 bits per heavy atom. The van der Waals surface area contributed by atoms with Crippen LogP contribution in [0.25, 0.3) is 0 Å². The molecule has 1 amide bonds. The summed E-state index contributed by atoms with van der Waals surface area (Å²) in [5.41, 5.74) is 5.13. The summed E-state index contributed by atoms with van der Waals surface area (Å²) in [5, 5.41) is 13.3. The first-order chi connectivity index (χ1) is 29.1. The second-order valence-electron chi connectivity index (χ2n) is 13.5. The van der Waals surface area contributed by atoms with Crippen LogP contribution in [-0.4, -0.2) is 96.8 Å². The summed E-state index contributed by atoms with van der Waals surface area (Å²) in [4.78, 5) is 31.4. The Morgan fingerprint density at radius 2 is 1.12 bits per heavy atom. The molecule has 59 heavy (non-hydrogen) atoms. The summed E-state index contributed by atoms with van der Waals surface area (Å²) in [6.07, 6.45) is 0. The van der Waals surface area contributed by atoms with Gasteiger partial charge in [0.25, 0.3) is 5.91 Å². The minimum absolute atomic E-state index is 0.123. The van der Waals surface area contributed by atoms with Crippen molar-refractivity contribution in [3.05, 3.63) is 179 Å². The molecule has 2 N–H and O–H groups in total. The average molecular weight is 1040 g/mol. The van der Waals surface area contributed by atoms with E-state index in [0.29, 0.717) is 15.7 Å². The van der Waals surface area contributed by atoms with Gasteiger partial charge in [-0.15, -0.1) is 22.7 Å². The number of carboxylic acids is 1. The molecule has 2 unspecified atom stereocenters. The zero-order valence-electron chi connectivity index (χ0n) is 33.2. The number of rotatable bonds is 8. The maximum absolute atomic E-state index is 12.7. The van der Waals surface area contributed by atoms with Crippen molar-refractivity contribution in [2.45, 2.75) is 12.1 Å². The van der Waals surface area contributed by atoms with Crippen molar-refractivity contribution >= 4 is 109 Å². The minimum Gasteiger partial charge on any atom is -0.477 e. The van der Waals surface area contributed by atoms with Crippen LogP contribution in [0.3, 0.4) is 0 Å². The number of nitrogens with zero attached hydrogens (tertiary/aromatic N) is 3. The Morgan fingerprint density at radius 3 is 1.51 bits per heavy atom. The highest BCUT2D eigenvalue weighted by Gasteiger charge is 2.29. The van der Waals surface area contributed by atoms with Crippen LogP contribution in [0.5, 0.6) is 0 Å². The SMILES string of the molecule is Clc1ccc(C(c2ccccc2)N2CCNCC2)cc1.O=C(c1ccc(Br)s1)N1CCN(C(c2ccccc2)c2ccc(Cl)cc2)CC1.[2H]CI.[B]c1ccc(C(=O)O)s1. The van der Waals surface area contributed by atoms with Gasteiger partial charge in [0.05, 0.1) is 20.7 Å². The van der Waals surface area contributed by atoms with Crippen LogP contribution in [0.4, 0.5) is 0 Å². The quantitative estimate of drug-likeness (QED) is 0.0899. The summed E-state index contributed by atoms with van der Waals surface area (Å²) >= 11 is 20.1. The van der Waals surface area contributed by atoms with Gasteiger partial charge in [-0.1, -0.05) is 137 Å². The largest absolute Gasteiger partial charge is 0.477 e. The highest BCUT2D eigenvalue weighted by atomic mass is 127. The van der Waals surface area contributed by atoms with Gasteiger partial charge in [0, 0.05) is 63.8 Å². The van der Waals surface area contributed by atoms with Gasteiger partial charge < -0.3 is 15.3 Å². The van der Waals surface area contributed by atoms with Crippen molar-refractivity contribution < 1.29 is 16.1 Å². The first-order valence-corrected chi connectivity index (χ1v) is 23.6. The van der Waals surface area contributed by atoms with Gasteiger partial charge in [0.15, 0.2) is 0 Å². The Hall–Kier alpha value is -3.05. The molecule has 8 rings (SSSR count). The smallest absolute Gasteiger partial charge is 0.345 e. The van der Waals surface area contributed by atoms with Crippen LogP contribution in [0.1, 0.15) is 55.1 Å². The minimum atomic E-state index is -0.920. The molecule has 6 aromatic rings. The molecule has 0 aliphatic carbocycles. The van der Waals surface area contributed by atoms with Crippen LogP contribution in [-0.2, 0) is 0 Å². The molecule has 2 radical (unpaired) electrons.